The second-order valence-electron chi connectivity index (χ2n) is 6.34. The molecule has 3 atom stereocenters. The van der Waals surface area contributed by atoms with E-state index < -0.39 is 4.92 Å². The molecule has 1 aromatic carbocycles. The lowest BCUT2D eigenvalue weighted by molar-refractivity contribution is -0.386. The van der Waals surface area contributed by atoms with E-state index in [-0.39, 0.29) is 23.5 Å². The van der Waals surface area contributed by atoms with E-state index in [2.05, 4.69) is 16.8 Å². The second kappa shape index (κ2) is 6.60. The molecule has 26 heavy (non-hydrogen) atoms. The Labute approximate surface area is 154 Å². The molecule has 3 heterocycles. The molecule has 0 saturated carbocycles. The van der Waals surface area contributed by atoms with Gasteiger partial charge >= 0.3 is 5.69 Å². The summed E-state index contributed by atoms with van der Waals surface area (Å²) in [6, 6.07) is 10.3. The van der Waals surface area contributed by atoms with Crippen LogP contribution in [0.1, 0.15) is 36.7 Å². The highest BCUT2D eigenvalue weighted by Gasteiger charge is 2.45. The van der Waals surface area contributed by atoms with Crippen molar-refractivity contribution in [2.75, 3.05) is 5.75 Å². The Morgan fingerprint density at radius 3 is 2.92 bits per heavy atom. The number of hydrogen-bond acceptors (Lipinski definition) is 7. The Morgan fingerprint density at radius 1 is 1.38 bits per heavy atom. The summed E-state index contributed by atoms with van der Waals surface area (Å²) in [5.41, 5.74) is 1.33. The molecule has 0 amide bonds. The van der Waals surface area contributed by atoms with E-state index >= 15 is 0 Å². The molecular formula is C18H18N4O3S. The number of aromatic nitrogens is 1. The van der Waals surface area contributed by atoms with Crippen molar-refractivity contribution in [3.8, 4) is 5.75 Å². The number of hydrogen-bond donors (Lipinski definition) is 1. The lowest BCUT2D eigenvalue weighted by Crippen LogP contribution is -2.35. The average Bonchev–Trinajstić information content (AvgIpc) is 3.21. The van der Waals surface area contributed by atoms with Crippen molar-refractivity contribution in [2.45, 2.75) is 31.5 Å². The van der Waals surface area contributed by atoms with E-state index in [0.29, 0.717) is 6.04 Å². The summed E-state index contributed by atoms with van der Waals surface area (Å²) in [5, 5.41) is 22.1. The highest BCUT2D eigenvalue weighted by Crippen LogP contribution is 2.49. The predicted octanol–water partition coefficient (Wildman–Crippen LogP) is 3.67. The van der Waals surface area contributed by atoms with Crippen LogP contribution in [0.15, 0.2) is 47.6 Å². The van der Waals surface area contributed by atoms with Gasteiger partial charge < -0.3 is 10.0 Å². The van der Waals surface area contributed by atoms with Gasteiger partial charge in [0.25, 0.3) is 0 Å². The van der Waals surface area contributed by atoms with E-state index in [4.69, 9.17) is 4.99 Å². The number of aliphatic imine (C=N–C) groups is 1. The number of nitro groups is 1. The zero-order chi connectivity index (χ0) is 18.3. The number of phenolic OH excluding ortho intramolecular Hbond substituents is 1. The van der Waals surface area contributed by atoms with Crippen LogP contribution in [0.5, 0.6) is 5.75 Å². The smallest absolute Gasteiger partial charge is 0.311 e. The topological polar surface area (TPSA) is 91.9 Å². The Morgan fingerprint density at radius 2 is 2.23 bits per heavy atom. The molecule has 2 aliphatic heterocycles. The van der Waals surface area contributed by atoms with E-state index in [1.54, 1.807) is 24.0 Å². The van der Waals surface area contributed by atoms with Crippen LogP contribution in [0.4, 0.5) is 5.69 Å². The monoisotopic (exact) mass is 370 g/mol. The Kier molecular flexibility index (Phi) is 4.28. The summed E-state index contributed by atoms with van der Waals surface area (Å²) in [6.07, 6.45) is 2.71. The van der Waals surface area contributed by atoms with E-state index in [1.807, 2.05) is 18.2 Å². The highest BCUT2D eigenvalue weighted by molar-refractivity contribution is 8.14. The van der Waals surface area contributed by atoms with Crippen molar-refractivity contribution in [3.05, 3.63) is 64.0 Å². The van der Waals surface area contributed by atoms with Crippen LogP contribution in [0.25, 0.3) is 0 Å². The number of thioether (sulfide) groups is 1. The molecule has 2 aliphatic rings. The van der Waals surface area contributed by atoms with Gasteiger partial charge in [0.1, 0.15) is 6.04 Å². The van der Waals surface area contributed by atoms with Gasteiger partial charge in [-0.2, -0.15) is 0 Å². The van der Waals surface area contributed by atoms with Crippen molar-refractivity contribution in [2.24, 2.45) is 4.99 Å². The minimum Gasteiger partial charge on any atom is -0.502 e. The minimum absolute atomic E-state index is 0.167. The van der Waals surface area contributed by atoms with Gasteiger partial charge in [-0.05, 0) is 30.2 Å². The van der Waals surface area contributed by atoms with Gasteiger partial charge in [-0.1, -0.05) is 30.8 Å². The third-order valence-electron chi connectivity index (χ3n) is 4.87. The fourth-order valence-electron chi connectivity index (χ4n) is 3.58. The molecule has 0 radical (unpaired) electrons. The lowest BCUT2D eigenvalue weighted by atomic mass is 9.94. The molecule has 0 bridgehead atoms. The largest absolute Gasteiger partial charge is 0.502 e. The molecule has 3 unspecified atom stereocenters. The SMILES string of the molecule is CCC1CSC2=NC(c3ccccn3)C(c3ccc(O)c([N+](=O)[O-])c3)N21. The van der Waals surface area contributed by atoms with E-state index in [9.17, 15) is 15.2 Å². The van der Waals surface area contributed by atoms with Crippen LogP contribution in [-0.2, 0) is 0 Å². The number of nitro benzene ring substituents is 1. The van der Waals surface area contributed by atoms with E-state index in [1.165, 1.54) is 12.1 Å². The standard InChI is InChI=1S/C18H18N4O3S/c1-2-12-10-26-18-20-16(13-5-3-4-8-19-13)17(21(12)18)11-6-7-15(23)14(9-11)22(24)25/h3-9,12,16-17,23H,2,10H2,1H3. The number of nitrogens with zero attached hydrogens (tertiary/aromatic N) is 4. The van der Waals surface area contributed by atoms with Gasteiger partial charge in [-0.15, -0.1) is 0 Å². The molecule has 0 spiro atoms. The first-order valence-electron chi connectivity index (χ1n) is 8.47. The number of amidine groups is 1. The maximum absolute atomic E-state index is 11.3. The summed E-state index contributed by atoms with van der Waals surface area (Å²) in [5.74, 6) is 0.635. The molecule has 1 saturated heterocycles. The third-order valence-corrected chi connectivity index (χ3v) is 5.99. The zero-order valence-corrected chi connectivity index (χ0v) is 15.0. The number of benzene rings is 1. The summed E-state index contributed by atoms with van der Waals surface area (Å²) in [4.78, 5) is 22.3. The van der Waals surface area contributed by atoms with Crippen molar-refractivity contribution >= 4 is 22.6 Å². The van der Waals surface area contributed by atoms with Crippen LogP contribution >= 0.6 is 11.8 Å². The molecule has 0 aliphatic carbocycles. The number of aromatic hydroxyl groups is 1. The van der Waals surface area contributed by atoms with Crippen LogP contribution in [-0.4, -0.2) is 36.9 Å². The predicted molar refractivity (Wildman–Crippen MR) is 100 cm³/mol. The second-order valence-corrected chi connectivity index (χ2v) is 7.33. The molecule has 2 aromatic rings. The summed E-state index contributed by atoms with van der Waals surface area (Å²) in [6.45, 7) is 2.14. The molecule has 1 aromatic heterocycles. The Balaban J connectivity index is 1.82. The first kappa shape index (κ1) is 16.8. The lowest BCUT2D eigenvalue weighted by Gasteiger charge is -2.31. The number of pyridine rings is 1. The fraction of sp³-hybridized carbons (Fsp3) is 0.333. The fourth-order valence-corrected chi connectivity index (χ4v) is 4.92. The Hall–Kier alpha value is -2.61. The van der Waals surface area contributed by atoms with Crippen molar-refractivity contribution in [3.63, 3.8) is 0 Å². The Bertz CT molecular complexity index is 874. The number of fused-ring (bicyclic) bond motifs is 1. The average molecular weight is 370 g/mol. The maximum atomic E-state index is 11.3. The summed E-state index contributed by atoms with van der Waals surface area (Å²) < 4.78 is 0. The minimum atomic E-state index is -0.554. The van der Waals surface area contributed by atoms with Gasteiger partial charge in [-0.25, -0.2) is 0 Å². The van der Waals surface area contributed by atoms with E-state index in [0.717, 1.165) is 28.6 Å². The molecule has 8 heteroatoms. The zero-order valence-electron chi connectivity index (χ0n) is 14.1. The van der Waals surface area contributed by atoms with Crippen molar-refractivity contribution in [1.82, 2.24) is 9.88 Å². The van der Waals surface area contributed by atoms with Gasteiger partial charge in [-0.3, -0.25) is 20.1 Å². The third kappa shape index (κ3) is 2.70. The molecule has 1 N–H and O–H groups in total. The summed E-state index contributed by atoms with van der Waals surface area (Å²) in [7, 11) is 0. The maximum Gasteiger partial charge on any atom is 0.311 e. The molecule has 7 nitrogen and oxygen atoms in total. The van der Waals surface area contributed by atoms with Crippen LogP contribution < -0.4 is 0 Å². The molecular weight excluding hydrogens is 352 g/mol. The quantitative estimate of drug-likeness (QED) is 0.652. The summed E-state index contributed by atoms with van der Waals surface area (Å²) >= 11 is 1.72. The molecule has 4 rings (SSSR count). The molecule has 1 fully saturated rings. The first-order valence-corrected chi connectivity index (χ1v) is 9.46. The highest BCUT2D eigenvalue weighted by atomic mass is 32.2. The van der Waals surface area contributed by atoms with Crippen molar-refractivity contribution in [1.29, 1.82) is 0 Å². The molecule has 134 valence electrons. The normalized spacial score (nSPS) is 24.4. The van der Waals surface area contributed by atoms with Crippen LogP contribution in [0.3, 0.4) is 0 Å². The van der Waals surface area contributed by atoms with Crippen LogP contribution in [0, 0.1) is 10.1 Å². The van der Waals surface area contributed by atoms with Gasteiger partial charge in [0.2, 0.25) is 0 Å². The van der Waals surface area contributed by atoms with Gasteiger partial charge in [0.05, 0.1) is 16.7 Å². The van der Waals surface area contributed by atoms with Gasteiger partial charge in [0.15, 0.2) is 10.9 Å². The first-order chi connectivity index (χ1) is 12.6. The van der Waals surface area contributed by atoms with Gasteiger partial charge in [0, 0.05) is 24.1 Å². The number of rotatable bonds is 4. The number of phenols is 1. The van der Waals surface area contributed by atoms with Crippen molar-refractivity contribution < 1.29 is 10.0 Å². The van der Waals surface area contributed by atoms with Crippen LogP contribution in [0.2, 0.25) is 0 Å².